The lowest BCUT2D eigenvalue weighted by Gasteiger charge is -2.04. The van der Waals surface area contributed by atoms with E-state index in [4.69, 9.17) is 10.3 Å². The molecule has 0 unspecified atom stereocenters. The van der Waals surface area contributed by atoms with E-state index in [1.807, 2.05) is 0 Å². The number of nitrogens with one attached hydrogen (secondary N) is 2. The predicted octanol–water partition coefficient (Wildman–Crippen LogP) is -1.07. The number of pyridine rings is 2. The number of aromatic nitrogens is 2. The Hall–Kier alpha value is -2.52. The summed E-state index contributed by atoms with van der Waals surface area (Å²) in [6, 6.07) is 8.74. The van der Waals surface area contributed by atoms with Crippen LogP contribution in [-0.2, 0) is 33.1 Å². The number of nitrogens with two attached hydrogens (primary N) is 2. The maximum atomic E-state index is 11.2. The van der Waals surface area contributed by atoms with Crippen LogP contribution in [0.1, 0.15) is 11.4 Å². The zero-order valence-corrected chi connectivity index (χ0v) is 14.9. The summed E-state index contributed by atoms with van der Waals surface area (Å²) >= 11 is 0. The summed E-state index contributed by atoms with van der Waals surface area (Å²) in [5, 5.41) is 16.9. The largest absolute Gasteiger partial charge is 0.255 e. The minimum atomic E-state index is -3.88. The lowest BCUT2D eigenvalue weighted by Crippen LogP contribution is -2.26. The molecule has 0 saturated heterocycles. The Balaban J connectivity index is 1.84. The molecule has 0 spiro atoms. The summed E-state index contributed by atoms with van der Waals surface area (Å²) in [6.07, 6.45) is 0. The van der Waals surface area contributed by atoms with Crippen LogP contribution < -0.4 is 21.2 Å². The van der Waals surface area contributed by atoms with E-state index in [9.17, 15) is 16.8 Å². The first-order valence-corrected chi connectivity index (χ1v) is 10.1. The van der Waals surface area contributed by atoms with Crippen molar-refractivity contribution in [1.82, 2.24) is 20.9 Å². The Bertz CT molecular complexity index is 1010. The molecule has 0 radical (unpaired) electrons. The van der Waals surface area contributed by atoms with E-state index in [-0.39, 0.29) is 23.1 Å². The van der Waals surface area contributed by atoms with Gasteiger partial charge in [0.1, 0.15) is 6.54 Å². The molecule has 0 bridgehead atoms. The van der Waals surface area contributed by atoms with Crippen LogP contribution >= 0.6 is 0 Å². The molecular weight excluding hydrogens is 384 g/mol. The van der Waals surface area contributed by atoms with Gasteiger partial charge < -0.3 is 0 Å². The monoisotopic (exact) mass is 400 g/mol. The average molecular weight is 400 g/mol. The fourth-order valence-corrected chi connectivity index (χ4v) is 2.75. The molecule has 14 heteroatoms. The summed E-state index contributed by atoms with van der Waals surface area (Å²) < 4.78 is 44.8. The normalized spacial score (nSPS) is 12.4. The van der Waals surface area contributed by atoms with Crippen LogP contribution in [0.2, 0.25) is 0 Å². The van der Waals surface area contributed by atoms with Crippen molar-refractivity contribution in [1.29, 1.82) is 0 Å². The molecule has 6 N–H and O–H groups in total. The van der Waals surface area contributed by atoms with Crippen molar-refractivity contribution in [3.63, 3.8) is 0 Å². The van der Waals surface area contributed by atoms with Crippen LogP contribution in [0.25, 0.3) is 0 Å². The van der Waals surface area contributed by atoms with Crippen LogP contribution in [0.15, 0.2) is 56.8 Å². The van der Waals surface area contributed by atoms with Crippen molar-refractivity contribution in [3.8, 4) is 0 Å². The molecule has 2 rings (SSSR count). The van der Waals surface area contributed by atoms with Crippen molar-refractivity contribution < 1.29 is 16.8 Å². The van der Waals surface area contributed by atoms with Gasteiger partial charge in [0.15, 0.2) is 10.1 Å². The second-order valence-electron chi connectivity index (χ2n) is 4.89. The fraction of sp³-hybridized carbons (Fsp3) is 0.167. The highest BCUT2D eigenvalue weighted by Gasteiger charge is 2.10. The first-order valence-electron chi connectivity index (χ1n) is 6.98. The minimum absolute atomic E-state index is 0.0250. The van der Waals surface area contributed by atoms with Gasteiger partial charge in [-0.05, 0) is 24.3 Å². The van der Waals surface area contributed by atoms with Gasteiger partial charge in [0, 0.05) is 0 Å². The standard InChI is InChI=1S/C12H16N8O4S2/c13-25(21,22)11-5-1-3-9(17-11)7-15-19-20-16-8-10-4-2-6-12(18-10)26(14,23)24/h1-6H,7-8H2,(H,15,20)(H,16,19)(H2,13,21,22)(H2,14,23,24). The van der Waals surface area contributed by atoms with E-state index < -0.39 is 20.0 Å². The molecule has 0 aliphatic carbocycles. The lowest BCUT2D eigenvalue weighted by molar-refractivity contribution is 0.514. The number of sulfonamides is 2. The van der Waals surface area contributed by atoms with E-state index in [1.54, 1.807) is 12.1 Å². The number of hydrogen-bond donors (Lipinski definition) is 4. The lowest BCUT2D eigenvalue weighted by atomic mass is 10.3. The highest BCUT2D eigenvalue weighted by atomic mass is 32.2. The predicted molar refractivity (Wildman–Crippen MR) is 89.8 cm³/mol. The maximum absolute atomic E-state index is 11.2. The van der Waals surface area contributed by atoms with Crippen molar-refractivity contribution in [2.45, 2.75) is 23.1 Å². The Labute approximate surface area is 149 Å². The van der Waals surface area contributed by atoms with Crippen molar-refractivity contribution in [2.75, 3.05) is 0 Å². The van der Waals surface area contributed by atoms with Gasteiger partial charge in [0.05, 0.1) is 17.9 Å². The van der Waals surface area contributed by atoms with E-state index >= 15 is 0 Å². The summed E-state index contributed by atoms with van der Waals surface area (Å²) in [7, 11) is -7.75. The maximum Gasteiger partial charge on any atom is 0.255 e. The molecule has 26 heavy (non-hydrogen) atoms. The summed E-state index contributed by atoms with van der Waals surface area (Å²) in [6.45, 7) is 0.179. The molecule has 0 saturated carbocycles. The molecule has 0 atom stereocenters. The molecule has 140 valence electrons. The van der Waals surface area contributed by atoms with Gasteiger partial charge in [-0.2, -0.15) is 5.11 Å². The third-order valence-corrected chi connectivity index (χ3v) is 4.47. The van der Waals surface area contributed by atoms with E-state index in [0.717, 1.165) is 0 Å². The van der Waals surface area contributed by atoms with E-state index in [2.05, 4.69) is 31.3 Å². The highest BCUT2D eigenvalue weighted by molar-refractivity contribution is 7.89. The van der Waals surface area contributed by atoms with Gasteiger partial charge in [0.2, 0.25) is 0 Å². The molecule has 12 nitrogen and oxygen atoms in total. The van der Waals surface area contributed by atoms with E-state index in [1.165, 1.54) is 24.3 Å². The van der Waals surface area contributed by atoms with Crippen LogP contribution in [0.5, 0.6) is 0 Å². The first-order chi connectivity index (χ1) is 12.2. The van der Waals surface area contributed by atoms with E-state index in [0.29, 0.717) is 11.4 Å². The molecule has 0 aromatic carbocycles. The second-order valence-corrected chi connectivity index (χ2v) is 7.91. The van der Waals surface area contributed by atoms with Crippen molar-refractivity contribution in [2.24, 2.45) is 20.6 Å². The molecule has 2 heterocycles. The molecule has 0 aliphatic heterocycles. The molecule has 2 aromatic heterocycles. The van der Waals surface area contributed by atoms with Crippen LogP contribution in [0.4, 0.5) is 0 Å². The number of hydrazine groups is 1. The Kier molecular flexibility index (Phi) is 6.27. The van der Waals surface area contributed by atoms with Crippen molar-refractivity contribution >= 4 is 20.0 Å². The van der Waals surface area contributed by atoms with Crippen LogP contribution in [-0.4, -0.2) is 26.8 Å². The van der Waals surface area contributed by atoms with Gasteiger partial charge in [-0.15, -0.1) is 0 Å². The number of hydrogen-bond acceptors (Lipinski definition) is 9. The molecule has 2 aromatic rings. The van der Waals surface area contributed by atoms with Crippen LogP contribution in [0.3, 0.4) is 0 Å². The van der Waals surface area contributed by atoms with Gasteiger partial charge >= 0.3 is 0 Å². The smallest absolute Gasteiger partial charge is 0.239 e. The number of rotatable bonds is 8. The quantitative estimate of drug-likeness (QED) is 0.244. The summed E-state index contributed by atoms with van der Waals surface area (Å²) in [4.78, 5) is 7.72. The number of nitrogens with zero attached hydrogens (tertiary/aromatic N) is 4. The minimum Gasteiger partial charge on any atom is -0.239 e. The van der Waals surface area contributed by atoms with Crippen molar-refractivity contribution in [3.05, 3.63) is 47.8 Å². The average Bonchev–Trinajstić information content (AvgIpc) is 2.57. The SMILES string of the molecule is NS(=O)(=O)c1cccc(CN=NNNCc2cccc(S(N)(=O)=O)n2)n1. The Morgan fingerprint density at radius 3 is 2.00 bits per heavy atom. The zero-order chi connectivity index (χ0) is 19.2. The third kappa shape index (κ3) is 6.08. The molecule has 0 amide bonds. The fourth-order valence-electron chi connectivity index (χ4n) is 1.73. The second kappa shape index (κ2) is 8.24. The van der Waals surface area contributed by atoms with Gasteiger partial charge in [0.25, 0.3) is 20.0 Å². The molecule has 0 fully saturated rings. The topological polar surface area (TPSA) is 195 Å². The zero-order valence-electron chi connectivity index (χ0n) is 13.3. The van der Waals surface area contributed by atoms with Gasteiger partial charge in [-0.25, -0.2) is 48.0 Å². The molecular formula is C12H16N8O4S2. The summed E-state index contributed by atoms with van der Waals surface area (Å²) in [5.74, 6) is 0. The highest BCUT2D eigenvalue weighted by Crippen LogP contribution is 2.05. The molecule has 0 aliphatic rings. The number of primary sulfonamides is 2. The first kappa shape index (κ1) is 19.8. The van der Waals surface area contributed by atoms with Gasteiger partial charge in [-0.1, -0.05) is 17.4 Å². The summed E-state index contributed by atoms with van der Waals surface area (Å²) in [5.41, 5.74) is 5.87. The Morgan fingerprint density at radius 2 is 1.42 bits per heavy atom. The third-order valence-electron chi connectivity index (χ3n) is 2.85. The Morgan fingerprint density at radius 1 is 0.885 bits per heavy atom. The van der Waals surface area contributed by atoms with Gasteiger partial charge in [-0.3, -0.25) is 0 Å². The van der Waals surface area contributed by atoms with Crippen LogP contribution in [0, 0.1) is 0 Å².